The second kappa shape index (κ2) is 9.32. The Hall–Kier alpha value is -2.83. The first-order valence-corrected chi connectivity index (χ1v) is 10.2. The average Bonchev–Trinajstić information content (AvgIpc) is 2.77. The Labute approximate surface area is 184 Å². The van der Waals surface area contributed by atoms with Crippen molar-refractivity contribution in [1.82, 2.24) is 15.8 Å². The Morgan fingerprint density at radius 1 is 0.933 bits per heavy atom. The maximum atomic E-state index is 13.3. The van der Waals surface area contributed by atoms with E-state index in [1.54, 1.807) is 23.1 Å². The molecule has 1 aliphatic heterocycles. The number of carbonyl (C=O) groups excluding carboxylic acids is 3. The molecular formula is C22H21Cl2N3O3. The molecular weight excluding hydrogens is 425 g/mol. The number of benzene rings is 2. The third kappa shape index (κ3) is 4.35. The van der Waals surface area contributed by atoms with Crippen molar-refractivity contribution in [3.8, 4) is 0 Å². The van der Waals surface area contributed by atoms with Crippen LogP contribution in [0.5, 0.6) is 0 Å². The minimum Gasteiger partial charge on any atom is -0.339 e. The molecule has 1 fully saturated rings. The van der Waals surface area contributed by atoms with Gasteiger partial charge >= 0.3 is 0 Å². The second-order valence-electron chi connectivity index (χ2n) is 6.98. The lowest BCUT2D eigenvalue weighted by atomic mass is 9.72. The fourth-order valence-electron chi connectivity index (χ4n) is 3.65. The first-order chi connectivity index (χ1) is 14.4. The van der Waals surface area contributed by atoms with Crippen LogP contribution in [0.4, 0.5) is 0 Å². The Kier molecular flexibility index (Phi) is 6.80. The fourth-order valence-corrected chi connectivity index (χ4v) is 4.22. The van der Waals surface area contributed by atoms with Gasteiger partial charge in [0.25, 0.3) is 5.91 Å². The van der Waals surface area contributed by atoms with E-state index in [1.165, 1.54) is 6.08 Å². The first kappa shape index (κ1) is 21.9. The van der Waals surface area contributed by atoms with Crippen molar-refractivity contribution in [3.05, 3.63) is 82.4 Å². The zero-order valence-corrected chi connectivity index (χ0v) is 17.7. The van der Waals surface area contributed by atoms with Crippen LogP contribution < -0.4 is 10.9 Å². The van der Waals surface area contributed by atoms with Crippen molar-refractivity contribution in [2.45, 2.75) is 18.3 Å². The highest BCUT2D eigenvalue weighted by atomic mass is 35.5. The molecule has 6 nitrogen and oxygen atoms in total. The van der Waals surface area contributed by atoms with E-state index in [0.29, 0.717) is 25.9 Å². The second-order valence-corrected chi connectivity index (χ2v) is 7.80. The van der Waals surface area contributed by atoms with Gasteiger partial charge in [-0.3, -0.25) is 25.2 Å². The van der Waals surface area contributed by atoms with Crippen molar-refractivity contribution >= 4 is 40.9 Å². The van der Waals surface area contributed by atoms with Gasteiger partial charge in [-0.2, -0.15) is 0 Å². The summed E-state index contributed by atoms with van der Waals surface area (Å²) in [6.45, 7) is 4.32. The molecule has 0 aromatic heterocycles. The van der Waals surface area contributed by atoms with Gasteiger partial charge in [-0.1, -0.05) is 66.2 Å². The van der Waals surface area contributed by atoms with Gasteiger partial charge in [0.15, 0.2) is 0 Å². The highest BCUT2D eigenvalue weighted by Crippen LogP contribution is 2.36. The quantitative estimate of drug-likeness (QED) is 0.558. The number of hydrazine groups is 1. The highest BCUT2D eigenvalue weighted by Gasteiger charge is 2.43. The lowest BCUT2D eigenvalue weighted by Crippen LogP contribution is -2.56. The minimum atomic E-state index is -0.892. The molecule has 0 bridgehead atoms. The van der Waals surface area contributed by atoms with E-state index in [1.807, 2.05) is 30.3 Å². The summed E-state index contributed by atoms with van der Waals surface area (Å²) in [5, 5.41) is 0.367. The maximum absolute atomic E-state index is 13.3. The van der Waals surface area contributed by atoms with Crippen LogP contribution in [0.1, 0.15) is 28.8 Å². The van der Waals surface area contributed by atoms with Crippen LogP contribution in [0.2, 0.25) is 10.0 Å². The molecule has 156 valence electrons. The molecule has 1 saturated heterocycles. The maximum Gasteiger partial charge on any atom is 0.272 e. The third-order valence-corrected chi connectivity index (χ3v) is 5.97. The van der Waals surface area contributed by atoms with E-state index in [2.05, 4.69) is 17.4 Å². The summed E-state index contributed by atoms with van der Waals surface area (Å²) in [5.41, 5.74) is 4.95. The van der Waals surface area contributed by atoms with Crippen LogP contribution in [0.3, 0.4) is 0 Å². The minimum absolute atomic E-state index is 0.0845. The van der Waals surface area contributed by atoms with Crippen molar-refractivity contribution in [2.24, 2.45) is 0 Å². The lowest BCUT2D eigenvalue weighted by Gasteiger charge is -2.40. The molecule has 2 N–H and O–H groups in total. The Morgan fingerprint density at radius 2 is 1.53 bits per heavy atom. The van der Waals surface area contributed by atoms with Crippen LogP contribution in [-0.4, -0.2) is 35.7 Å². The van der Waals surface area contributed by atoms with Gasteiger partial charge in [0, 0.05) is 13.1 Å². The fraction of sp³-hybridized carbons (Fsp3) is 0.227. The van der Waals surface area contributed by atoms with Gasteiger partial charge in [0.2, 0.25) is 11.8 Å². The predicted molar refractivity (Wildman–Crippen MR) is 116 cm³/mol. The van der Waals surface area contributed by atoms with Crippen molar-refractivity contribution in [1.29, 1.82) is 0 Å². The summed E-state index contributed by atoms with van der Waals surface area (Å²) in [5.74, 6) is -1.14. The molecule has 0 radical (unpaired) electrons. The van der Waals surface area contributed by atoms with Gasteiger partial charge in [-0.25, -0.2) is 0 Å². The molecule has 0 spiro atoms. The van der Waals surface area contributed by atoms with E-state index < -0.39 is 11.3 Å². The van der Waals surface area contributed by atoms with E-state index >= 15 is 0 Å². The number of amides is 3. The van der Waals surface area contributed by atoms with Crippen LogP contribution in [0, 0.1) is 0 Å². The molecule has 0 unspecified atom stereocenters. The van der Waals surface area contributed by atoms with Crippen LogP contribution in [0.15, 0.2) is 61.2 Å². The van der Waals surface area contributed by atoms with Gasteiger partial charge in [0.1, 0.15) is 0 Å². The van der Waals surface area contributed by atoms with E-state index in [4.69, 9.17) is 23.2 Å². The molecule has 0 aliphatic carbocycles. The zero-order valence-electron chi connectivity index (χ0n) is 16.2. The molecule has 2 aromatic rings. The summed E-state index contributed by atoms with van der Waals surface area (Å²) in [4.78, 5) is 39.4. The van der Waals surface area contributed by atoms with Crippen LogP contribution in [-0.2, 0) is 15.0 Å². The van der Waals surface area contributed by atoms with Gasteiger partial charge in [-0.05, 0) is 36.6 Å². The summed E-state index contributed by atoms with van der Waals surface area (Å²) in [6, 6.07) is 14.0. The Bertz CT molecular complexity index is 951. The smallest absolute Gasteiger partial charge is 0.272 e. The number of piperidine rings is 1. The number of hydrogen-bond acceptors (Lipinski definition) is 3. The summed E-state index contributed by atoms with van der Waals surface area (Å²) >= 11 is 12.1. The molecule has 3 amide bonds. The highest BCUT2D eigenvalue weighted by molar-refractivity contribution is 6.39. The topological polar surface area (TPSA) is 78.5 Å². The van der Waals surface area contributed by atoms with Crippen molar-refractivity contribution < 1.29 is 14.4 Å². The molecule has 2 aromatic carbocycles. The van der Waals surface area contributed by atoms with Crippen molar-refractivity contribution in [3.63, 3.8) is 0 Å². The number of carbonyl (C=O) groups is 3. The van der Waals surface area contributed by atoms with E-state index in [9.17, 15) is 14.4 Å². The van der Waals surface area contributed by atoms with Crippen LogP contribution in [0.25, 0.3) is 0 Å². The summed E-state index contributed by atoms with van der Waals surface area (Å²) < 4.78 is 0. The average molecular weight is 446 g/mol. The SMILES string of the molecule is C=CC(=O)N1CCC(C(=O)NNC(=O)c2c(Cl)cccc2Cl)(c2ccccc2)CC1. The normalized spacial score (nSPS) is 15.2. The summed E-state index contributed by atoms with van der Waals surface area (Å²) in [6.07, 6.45) is 2.08. The molecule has 1 heterocycles. The molecule has 0 saturated carbocycles. The monoisotopic (exact) mass is 445 g/mol. The number of rotatable bonds is 4. The van der Waals surface area contributed by atoms with Gasteiger partial charge in [0.05, 0.1) is 21.0 Å². The number of likely N-dealkylation sites (tertiary alicyclic amines) is 1. The number of nitrogens with zero attached hydrogens (tertiary/aromatic N) is 1. The zero-order chi connectivity index (χ0) is 21.7. The number of nitrogens with one attached hydrogen (secondary N) is 2. The number of hydrogen-bond donors (Lipinski definition) is 2. The molecule has 30 heavy (non-hydrogen) atoms. The molecule has 8 heteroatoms. The molecule has 0 atom stereocenters. The van der Waals surface area contributed by atoms with Crippen LogP contribution >= 0.6 is 23.2 Å². The van der Waals surface area contributed by atoms with Gasteiger partial charge in [-0.15, -0.1) is 0 Å². The summed E-state index contributed by atoms with van der Waals surface area (Å²) in [7, 11) is 0. The number of halogens is 2. The lowest BCUT2D eigenvalue weighted by molar-refractivity contribution is -0.134. The van der Waals surface area contributed by atoms with E-state index in [0.717, 1.165) is 5.56 Å². The van der Waals surface area contributed by atoms with Crippen molar-refractivity contribution in [2.75, 3.05) is 13.1 Å². The Balaban J connectivity index is 1.79. The third-order valence-electron chi connectivity index (χ3n) is 5.34. The Morgan fingerprint density at radius 3 is 2.10 bits per heavy atom. The van der Waals surface area contributed by atoms with E-state index in [-0.39, 0.29) is 27.4 Å². The molecule has 1 aliphatic rings. The first-order valence-electron chi connectivity index (χ1n) is 9.41. The standard InChI is InChI=1S/C22H21Cl2N3O3/c1-2-18(28)27-13-11-22(12-14-27,15-7-4-3-5-8-15)21(30)26-25-20(29)19-16(23)9-6-10-17(19)24/h2-10H,1,11-14H2,(H,25,29)(H,26,30). The largest absolute Gasteiger partial charge is 0.339 e. The van der Waals surface area contributed by atoms with Gasteiger partial charge < -0.3 is 4.90 Å². The molecule has 3 rings (SSSR count). The predicted octanol–water partition coefficient (Wildman–Crippen LogP) is 3.50.